The summed E-state index contributed by atoms with van der Waals surface area (Å²) in [4.78, 5) is 21.7. The number of carbonyl (C=O) groups is 1. The highest BCUT2D eigenvalue weighted by Crippen LogP contribution is 2.17. The summed E-state index contributed by atoms with van der Waals surface area (Å²) in [6.07, 6.45) is 5.18. The van der Waals surface area contributed by atoms with E-state index in [4.69, 9.17) is 9.26 Å². The maximum absolute atomic E-state index is 11.7. The molecule has 1 aliphatic rings. The lowest BCUT2D eigenvalue weighted by molar-refractivity contribution is -0.0102. The van der Waals surface area contributed by atoms with E-state index >= 15 is 0 Å². The third-order valence-electron chi connectivity index (χ3n) is 3.73. The summed E-state index contributed by atoms with van der Waals surface area (Å²) in [5, 5.41) is 6.57. The molecular formula is C15H19N5O3. The van der Waals surface area contributed by atoms with E-state index in [2.05, 4.69) is 20.4 Å². The fourth-order valence-electron chi connectivity index (χ4n) is 2.54. The number of piperidine rings is 1. The Morgan fingerprint density at radius 1 is 1.48 bits per heavy atom. The van der Waals surface area contributed by atoms with Crippen molar-refractivity contribution in [2.45, 2.75) is 25.6 Å². The molecule has 0 unspecified atom stereocenters. The van der Waals surface area contributed by atoms with E-state index in [0.29, 0.717) is 18.3 Å². The Kier molecular flexibility index (Phi) is 4.82. The standard InChI is InChI=1S/C15H19N5O3/c1-16-15(21)20-8-2-3-12(9-20)22-10-13-18-14(19-23-13)11-4-6-17-7-5-11/h4-7,12H,2-3,8-10H2,1H3,(H,16,21)/t12-/m1/s1. The molecule has 1 fully saturated rings. The second-order valence-electron chi connectivity index (χ2n) is 5.32. The Bertz CT molecular complexity index is 646. The highest BCUT2D eigenvalue weighted by Gasteiger charge is 2.24. The summed E-state index contributed by atoms with van der Waals surface area (Å²) in [6.45, 7) is 1.57. The van der Waals surface area contributed by atoms with Crippen LogP contribution in [0.3, 0.4) is 0 Å². The summed E-state index contributed by atoms with van der Waals surface area (Å²) in [5.41, 5.74) is 0.846. The maximum atomic E-state index is 11.7. The first-order valence-electron chi connectivity index (χ1n) is 7.57. The number of aromatic nitrogens is 3. The first-order valence-corrected chi connectivity index (χ1v) is 7.57. The molecule has 2 aromatic heterocycles. The third kappa shape index (κ3) is 3.84. The number of nitrogens with zero attached hydrogens (tertiary/aromatic N) is 4. The Labute approximate surface area is 133 Å². The van der Waals surface area contributed by atoms with E-state index in [-0.39, 0.29) is 18.7 Å². The smallest absolute Gasteiger partial charge is 0.317 e. The first kappa shape index (κ1) is 15.4. The number of rotatable bonds is 4. The normalized spacial score (nSPS) is 18.0. The number of nitrogens with one attached hydrogen (secondary N) is 1. The molecule has 8 heteroatoms. The molecule has 2 amide bonds. The van der Waals surface area contributed by atoms with Gasteiger partial charge in [0.2, 0.25) is 5.82 Å². The van der Waals surface area contributed by atoms with E-state index in [0.717, 1.165) is 24.9 Å². The second kappa shape index (κ2) is 7.19. The average Bonchev–Trinajstić information content (AvgIpc) is 3.09. The molecule has 3 heterocycles. The molecule has 8 nitrogen and oxygen atoms in total. The van der Waals surface area contributed by atoms with Crippen LogP contribution in [0.5, 0.6) is 0 Å². The van der Waals surface area contributed by atoms with E-state index in [9.17, 15) is 4.79 Å². The molecule has 0 spiro atoms. The van der Waals surface area contributed by atoms with Crippen LogP contribution >= 0.6 is 0 Å². The minimum atomic E-state index is -0.0731. The van der Waals surface area contributed by atoms with Crippen LogP contribution in [0, 0.1) is 0 Å². The van der Waals surface area contributed by atoms with Gasteiger partial charge in [-0.25, -0.2) is 4.79 Å². The average molecular weight is 317 g/mol. The van der Waals surface area contributed by atoms with Crippen molar-refractivity contribution >= 4 is 6.03 Å². The number of hydrogen-bond acceptors (Lipinski definition) is 6. The Balaban J connectivity index is 1.54. The molecule has 0 radical (unpaired) electrons. The predicted octanol–water partition coefficient (Wildman–Crippen LogP) is 1.45. The highest BCUT2D eigenvalue weighted by molar-refractivity contribution is 5.73. The van der Waals surface area contributed by atoms with Gasteiger partial charge in [0.15, 0.2) is 0 Å². The van der Waals surface area contributed by atoms with Crippen LogP contribution in [-0.4, -0.2) is 52.3 Å². The lowest BCUT2D eigenvalue weighted by Gasteiger charge is -2.31. The number of pyridine rings is 1. The summed E-state index contributed by atoms with van der Waals surface area (Å²) in [6, 6.07) is 3.56. The first-order chi connectivity index (χ1) is 11.3. The Morgan fingerprint density at radius 3 is 3.09 bits per heavy atom. The van der Waals surface area contributed by atoms with Crippen LogP contribution < -0.4 is 5.32 Å². The monoisotopic (exact) mass is 317 g/mol. The van der Waals surface area contributed by atoms with Crippen LogP contribution in [0.15, 0.2) is 29.0 Å². The minimum Gasteiger partial charge on any atom is -0.367 e. The molecule has 1 saturated heterocycles. The van der Waals surface area contributed by atoms with Gasteiger partial charge >= 0.3 is 6.03 Å². The van der Waals surface area contributed by atoms with Gasteiger partial charge in [-0.3, -0.25) is 4.98 Å². The van der Waals surface area contributed by atoms with Crippen molar-refractivity contribution in [3.05, 3.63) is 30.4 Å². The second-order valence-corrected chi connectivity index (χ2v) is 5.32. The van der Waals surface area contributed by atoms with Gasteiger partial charge in [0.1, 0.15) is 6.61 Å². The van der Waals surface area contributed by atoms with Crippen LogP contribution in [0.4, 0.5) is 4.79 Å². The van der Waals surface area contributed by atoms with Gasteiger partial charge < -0.3 is 19.5 Å². The molecule has 1 N–H and O–H groups in total. The SMILES string of the molecule is CNC(=O)N1CCC[C@@H](OCc2nc(-c3ccncc3)no2)C1. The van der Waals surface area contributed by atoms with Gasteiger partial charge in [0, 0.05) is 38.1 Å². The summed E-state index contributed by atoms with van der Waals surface area (Å²) < 4.78 is 11.0. The topological polar surface area (TPSA) is 93.4 Å². The third-order valence-corrected chi connectivity index (χ3v) is 3.73. The van der Waals surface area contributed by atoms with Gasteiger partial charge in [-0.1, -0.05) is 5.16 Å². The van der Waals surface area contributed by atoms with Gasteiger partial charge in [0.05, 0.1) is 6.10 Å². The molecule has 122 valence electrons. The van der Waals surface area contributed by atoms with Gasteiger partial charge in [-0.05, 0) is 25.0 Å². The van der Waals surface area contributed by atoms with Crippen molar-refractivity contribution in [3.8, 4) is 11.4 Å². The van der Waals surface area contributed by atoms with E-state index in [1.807, 2.05) is 12.1 Å². The Hall–Kier alpha value is -2.48. The zero-order valence-electron chi connectivity index (χ0n) is 12.9. The van der Waals surface area contributed by atoms with Crippen molar-refractivity contribution in [3.63, 3.8) is 0 Å². The lowest BCUT2D eigenvalue weighted by Crippen LogP contribution is -2.46. The molecule has 1 atom stereocenters. The number of carbonyl (C=O) groups excluding carboxylic acids is 1. The zero-order chi connectivity index (χ0) is 16.1. The number of ether oxygens (including phenoxy) is 1. The van der Waals surface area contributed by atoms with Crippen LogP contribution in [0.25, 0.3) is 11.4 Å². The molecule has 1 aliphatic heterocycles. The van der Waals surface area contributed by atoms with Crippen LogP contribution in [-0.2, 0) is 11.3 Å². The summed E-state index contributed by atoms with van der Waals surface area (Å²) in [5.74, 6) is 0.940. The minimum absolute atomic E-state index is 0.0164. The molecule has 3 rings (SSSR count). The van der Waals surface area contributed by atoms with E-state index < -0.39 is 0 Å². The quantitative estimate of drug-likeness (QED) is 0.917. The van der Waals surface area contributed by atoms with Crippen LogP contribution in [0.2, 0.25) is 0 Å². The fraction of sp³-hybridized carbons (Fsp3) is 0.467. The fourth-order valence-corrected chi connectivity index (χ4v) is 2.54. The lowest BCUT2D eigenvalue weighted by atomic mass is 10.1. The summed E-state index contributed by atoms with van der Waals surface area (Å²) in [7, 11) is 1.63. The number of hydrogen-bond donors (Lipinski definition) is 1. The van der Waals surface area contributed by atoms with Crippen molar-refractivity contribution in [2.24, 2.45) is 0 Å². The maximum Gasteiger partial charge on any atom is 0.317 e. The number of urea groups is 1. The zero-order valence-corrected chi connectivity index (χ0v) is 12.9. The molecule has 2 aromatic rings. The predicted molar refractivity (Wildman–Crippen MR) is 81.4 cm³/mol. The van der Waals surface area contributed by atoms with Crippen molar-refractivity contribution < 1.29 is 14.1 Å². The van der Waals surface area contributed by atoms with E-state index in [1.165, 1.54) is 0 Å². The number of amides is 2. The highest BCUT2D eigenvalue weighted by atomic mass is 16.5. The molecule has 0 aromatic carbocycles. The van der Waals surface area contributed by atoms with Gasteiger partial charge in [-0.15, -0.1) is 0 Å². The van der Waals surface area contributed by atoms with Gasteiger partial charge in [-0.2, -0.15) is 4.98 Å². The Morgan fingerprint density at radius 2 is 2.30 bits per heavy atom. The number of likely N-dealkylation sites (tertiary alicyclic amines) is 1. The molecule has 0 saturated carbocycles. The molecule has 0 bridgehead atoms. The largest absolute Gasteiger partial charge is 0.367 e. The molecular weight excluding hydrogens is 298 g/mol. The van der Waals surface area contributed by atoms with Crippen molar-refractivity contribution in [1.82, 2.24) is 25.3 Å². The summed E-state index contributed by atoms with van der Waals surface area (Å²) >= 11 is 0. The van der Waals surface area contributed by atoms with Gasteiger partial charge in [0.25, 0.3) is 5.89 Å². The van der Waals surface area contributed by atoms with E-state index in [1.54, 1.807) is 24.3 Å². The van der Waals surface area contributed by atoms with Crippen molar-refractivity contribution in [2.75, 3.05) is 20.1 Å². The van der Waals surface area contributed by atoms with Crippen LogP contribution in [0.1, 0.15) is 18.7 Å². The molecule has 0 aliphatic carbocycles. The van der Waals surface area contributed by atoms with Crippen molar-refractivity contribution in [1.29, 1.82) is 0 Å². The molecule has 23 heavy (non-hydrogen) atoms.